The maximum Gasteiger partial charge on any atom is 0.231 e. The number of aryl methyl sites for hydroxylation is 1. The summed E-state index contributed by atoms with van der Waals surface area (Å²) in [6.45, 7) is 1.96. The zero-order valence-corrected chi connectivity index (χ0v) is 15.6. The molecule has 1 amide bonds. The number of imidazole rings is 1. The van der Waals surface area contributed by atoms with Crippen LogP contribution in [0.4, 0.5) is 5.82 Å². The van der Waals surface area contributed by atoms with Crippen molar-refractivity contribution in [2.24, 2.45) is 0 Å². The van der Waals surface area contributed by atoms with Gasteiger partial charge in [0.2, 0.25) is 11.9 Å². The standard InChI is InChI=1S/C21H19N5O2/c1-12-19-15(13-6-5-7-14(10-13)28-2)11-18(27)24-20(19)26(25-12)21-22-16-8-3-4-9-17(16)23-21/h3-10,15H,11H2,1-2H3,(H,22,23)(H,24,27)/t15-/m0/s1. The molecule has 0 bridgehead atoms. The molecule has 1 atom stereocenters. The molecular formula is C21H19N5O2. The van der Waals surface area contributed by atoms with E-state index in [-0.39, 0.29) is 11.8 Å². The van der Waals surface area contributed by atoms with Crippen LogP contribution in [0.25, 0.3) is 17.0 Å². The molecule has 0 saturated heterocycles. The first kappa shape index (κ1) is 16.6. The first-order chi connectivity index (χ1) is 13.6. The van der Waals surface area contributed by atoms with Crippen molar-refractivity contribution in [3.8, 4) is 11.7 Å². The molecule has 0 saturated carbocycles. The molecule has 2 aromatic carbocycles. The van der Waals surface area contributed by atoms with E-state index in [1.807, 2.05) is 55.5 Å². The number of nitrogens with zero attached hydrogens (tertiary/aromatic N) is 3. The van der Waals surface area contributed by atoms with Crippen LogP contribution in [-0.2, 0) is 4.79 Å². The number of hydrogen-bond donors (Lipinski definition) is 2. The van der Waals surface area contributed by atoms with Crippen LogP contribution in [0.2, 0.25) is 0 Å². The Morgan fingerprint density at radius 2 is 2.04 bits per heavy atom. The molecule has 3 heterocycles. The third kappa shape index (κ3) is 2.55. The van der Waals surface area contributed by atoms with Crippen molar-refractivity contribution in [3.05, 3.63) is 65.4 Å². The summed E-state index contributed by atoms with van der Waals surface area (Å²) >= 11 is 0. The van der Waals surface area contributed by atoms with E-state index >= 15 is 0 Å². The van der Waals surface area contributed by atoms with Crippen LogP contribution in [0.3, 0.4) is 0 Å². The number of rotatable bonds is 3. The molecule has 0 unspecified atom stereocenters. The van der Waals surface area contributed by atoms with Crippen LogP contribution in [0, 0.1) is 6.92 Å². The van der Waals surface area contributed by atoms with Gasteiger partial charge in [0.25, 0.3) is 0 Å². The monoisotopic (exact) mass is 373 g/mol. The number of amides is 1. The highest BCUT2D eigenvalue weighted by Crippen LogP contribution is 2.40. The topological polar surface area (TPSA) is 84.8 Å². The van der Waals surface area contributed by atoms with Gasteiger partial charge in [-0.15, -0.1) is 0 Å². The van der Waals surface area contributed by atoms with Crippen molar-refractivity contribution in [1.82, 2.24) is 19.7 Å². The van der Waals surface area contributed by atoms with Crippen LogP contribution in [0.5, 0.6) is 5.75 Å². The number of carbonyl (C=O) groups is 1. The van der Waals surface area contributed by atoms with E-state index in [4.69, 9.17) is 4.74 Å². The molecule has 0 fully saturated rings. The quantitative estimate of drug-likeness (QED) is 0.575. The van der Waals surface area contributed by atoms with E-state index in [0.29, 0.717) is 18.2 Å². The molecule has 4 aromatic rings. The maximum atomic E-state index is 12.5. The van der Waals surface area contributed by atoms with Gasteiger partial charge in [-0.1, -0.05) is 24.3 Å². The number of benzene rings is 2. The Morgan fingerprint density at radius 3 is 2.86 bits per heavy atom. The van der Waals surface area contributed by atoms with Crippen molar-refractivity contribution in [1.29, 1.82) is 0 Å². The number of anilines is 1. The van der Waals surface area contributed by atoms with Gasteiger partial charge in [0.15, 0.2) is 0 Å². The molecule has 1 aliphatic rings. The summed E-state index contributed by atoms with van der Waals surface area (Å²) in [4.78, 5) is 20.4. The van der Waals surface area contributed by atoms with Crippen LogP contribution in [0.15, 0.2) is 48.5 Å². The predicted molar refractivity (Wildman–Crippen MR) is 106 cm³/mol. The van der Waals surface area contributed by atoms with Gasteiger partial charge in [-0.2, -0.15) is 9.78 Å². The fourth-order valence-corrected chi connectivity index (χ4v) is 3.88. The lowest BCUT2D eigenvalue weighted by Crippen LogP contribution is -2.25. The van der Waals surface area contributed by atoms with Gasteiger partial charge < -0.3 is 15.0 Å². The molecule has 2 aromatic heterocycles. The van der Waals surface area contributed by atoms with Gasteiger partial charge in [-0.25, -0.2) is 4.98 Å². The van der Waals surface area contributed by atoms with Crippen LogP contribution in [0.1, 0.15) is 29.2 Å². The molecule has 0 radical (unpaired) electrons. The Kier molecular flexibility index (Phi) is 3.68. The molecular weight excluding hydrogens is 354 g/mol. The number of nitrogens with one attached hydrogen (secondary N) is 2. The lowest BCUT2D eigenvalue weighted by Gasteiger charge is -2.24. The molecule has 2 N–H and O–H groups in total. The number of hydrogen-bond acceptors (Lipinski definition) is 4. The summed E-state index contributed by atoms with van der Waals surface area (Å²) in [5.74, 6) is 1.89. The van der Waals surface area contributed by atoms with E-state index in [0.717, 1.165) is 33.6 Å². The Morgan fingerprint density at radius 1 is 1.18 bits per heavy atom. The highest BCUT2D eigenvalue weighted by atomic mass is 16.5. The molecule has 7 nitrogen and oxygen atoms in total. The first-order valence-electron chi connectivity index (χ1n) is 9.12. The van der Waals surface area contributed by atoms with Gasteiger partial charge in [0.1, 0.15) is 11.6 Å². The van der Waals surface area contributed by atoms with E-state index in [1.165, 1.54) is 0 Å². The van der Waals surface area contributed by atoms with Crippen molar-refractivity contribution < 1.29 is 9.53 Å². The van der Waals surface area contributed by atoms with Crippen LogP contribution < -0.4 is 10.1 Å². The van der Waals surface area contributed by atoms with E-state index in [1.54, 1.807) is 11.8 Å². The minimum atomic E-state index is -0.0861. The average molecular weight is 373 g/mol. The van der Waals surface area contributed by atoms with E-state index < -0.39 is 0 Å². The highest BCUT2D eigenvalue weighted by molar-refractivity contribution is 5.95. The van der Waals surface area contributed by atoms with Gasteiger partial charge in [-0.05, 0) is 36.8 Å². The molecule has 140 valence electrons. The number of aromatic amines is 1. The number of methoxy groups -OCH3 is 1. The van der Waals surface area contributed by atoms with Crippen molar-refractivity contribution in [2.75, 3.05) is 12.4 Å². The van der Waals surface area contributed by atoms with Crippen LogP contribution >= 0.6 is 0 Å². The summed E-state index contributed by atoms with van der Waals surface area (Å²) in [5, 5.41) is 7.68. The van der Waals surface area contributed by atoms with Crippen molar-refractivity contribution in [2.45, 2.75) is 19.3 Å². The minimum Gasteiger partial charge on any atom is -0.497 e. The Bertz CT molecular complexity index is 1170. The van der Waals surface area contributed by atoms with Gasteiger partial charge >= 0.3 is 0 Å². The van der Waals surface area contributed by atoms with E-state index in [2.05, 4.69) is 20.4 Å². The predicted octanol–water partition coefficient (Wildman–Crippen LogP) is 3.54. The third-order valence-corrected chi connectivity index (χ3v) is 5.18. The lowest BCUT2D eigenvalue weighted by molar-refractivity contribution is -0.116. The number of carbonyl (C=O) groups excluding carboxylic acids is 1. The molecule has 7 heteroatoms. The molecule has 5 rings (SSSR count). The summed E-state index contributed by atoms with van der Waals surface area (Å²) < 4.78 is 7.05. The second-order valence-electron chi connectivity index (χ2n) is 6.92. The number of H-pyrrole nitrogens is 1. The fourth-order valence-electron chi connectivity index (χ4n) is 3.88. The Labute approximate surface area is 161 Å². The number of ether oxygens (including phenoxy) is 1. The van der Waals surface area contributed by atoms with Crippen LogP contribution in [-0.4, -0.2) is 32.8 Å². The van der Waals surface area contributed by atoms with Gasteiger partial charge in [0.05, 0.1) is 23.8 Å². The maximum absolute atomic E-state index is 12.5. The number of aromatic nitrogens is 4. The second-order valence-corrected chi connectivity index (χ2v) is 6.92. The first-order valence-corrected chi connectivity index (χ1v) is 9.12. The Balaban J connectivity index is 1.67. The Hall–Kier alpha value is -3.61. The number of para-hydroxylation sites is 2. The van der Waals surface area contributed by atoms with Crippen molar-refractivity contribution in [3.63, 3.8) is 0 Å². The molecule has 1 aliphatic heterocycles. The van der Waals surface area contributed by atoms with E-state index in [9.17, 15) is 4.79 Å². The normalized spacial score (nSPS) is 16.1. The average Bonchev–Trinajstić information content (AvgIpc) is 3.28. The second kappa shape index (κ2) is 6.23. The molecule has 0 aliphatic carbocycles. The highest BCUT2D eigenvalue weighted by Gasteiger charge is 2.33. The smallest absolute Gasteiger partial charge is 0.231 e. The van der Waals surface area contributed by atoms with Gasteiger partial charge in [-0.3, -0.25) is 4.79 Å². The summed E-state index contributed by atoms with van der Waals surface area (Å²) in [6, 6.07) is 15.6. The van der Waals surface area contributed by atoms with Gasteiger partial charge in [0, 0.05) is 17.9 Å². The van der Waals surface area contributed by atoms with Crippen molar-refractivity contribution >= 4 is 22.8 Å². The molecule has 28 heavy (non-hydrogen) atoms. The largest absolute Gasteiger partial charge is 0.497 e. The zero-order chi connectivity index (χ0) is 19.3. The number of fused-ring (bicyclic) bond motifs is 2. The summed E-state index contributed by atoms with van der Waals surface area (Å²) in [7, 11) is 1.64. The summed E-state index contributed by atoms with van der Waals surface area (Å²) in [5.41, 5.74) is 4.68. The minimum absolute atomic E-state index is 0.0439. The SMILES string of the molecule is COc1cccc([C@@H]2CC(=O)Nc3c2c(C)nn3-c2nc3ccccc3[nH]2)c1. The lowest BCUT2D eigenvalue weighted by atomic mass is 9.86. The fraction of sp³-hybridized carbons (Fsp3) is 0.190. The zero-order valence-electron chi connectivity index (χ0n) is 15.6. The summed E-state index contributed by atoms with van der Waals surface area (Å²) in [6.07, 6.45) is 0.368. The third-order valence-electron chi connectivity index (χ3n) is 5.18. The molecule has 0 spiro atoms.